The molecule has 0 spiro atoms. The number of benzene rings is 1. The van der Waals surface area contributed by atoms with Crippen LogP contribution in [-0.4, -0.2) is 33.5 Å². The van der Waals surface area contributed by atoms with E-state index in [0.29, 0.717) is 29.2 Å². The molecule has 0 bridgehead atoms. The molecule has 0 aliphatic heterocycles. The highest BCUT2D eigenvalue weighted by Crippen LogP contribution is 2.33. The summed E-state index contributed by atoms with van der Waals surface area (Å²) in [6, 6.07) is 3.50. The normalized spacial score (nSPS) is 11.0. The van der Waals surface area contributed by atoms with Gasteiger partial charge >= 0.3 is 0 Å². The van der Waals surface area contributed by atoms with Crippen LogP contribution in [0.3, 0.4) is 0 Å². The summed E-state index contributed by atoms with van der Waals surface area (Å²) in [5.41, 5.74) is 3.30. The first-order valence-electron chi connectivity index (χ1n) is 12.3. The summed E-state index contributed by atoms with van der Waals surface area (Å²) < 4.78 is 15.9. The Labute approximate surface area is 195 Å². The van der Waals surface area contributed by atoms with E-state index in [2.05, 4.69) is 17.5 Å². The molecular weight excluding hydrogens is 404 g/mol. The highest BCUT2D eigenvalue weighted by Gasteiger charge is 2.10. The third kappa shape index (κ3) is 12.0. The molecule has 1 aromatic carbocycles. The van der Waals surface area contributed by atoms with Crippen molar-refractivity contribution in [3.05, 3.63) is 17.7 Å². The van der Waals surface area contributed by atoms with Crippen molar-refractivity contribution in [2.24, 2.45) is 5.10 Å². The van der Waals surface area contributed by atoms with Gasteiger partial charge in [-0.3, -0.25) is 4.79 Å². The van der Waals surface area contributed by atoms with E-state index in [1.807, 2.05) is 0 Å². The van der Waals surface area contributed by atoms with Crippen LogP contribution < -0.4 is 19.6 Å². The maximum atomic E-state index is 12.0. The number of hydrogen-bond donors (Lipinski definition) is 1. The number of amides is 1. The van der Waals surface area contributed by atoms with E-state index in [1.54, 1.807) is 39.7 Å². The Morgan fingerprint density at radius 1 is 0.750 bits per heavy atom. The Bertz CT molecular complexity index is 661. The molecule has 0 saturated carbocycles. The molecule has 32 heavy (non-hydrogen) atoms. The zero-order valence-electron chi connectivity index (χ0n) is 20.7. The Morgan fingerprint density at radius 3 is 1.72 bits per heavy atom. The summed E-state index contributed by atoms with van der Waals surface area (Å²) in [6.45, 7) is 2.26. The fraction of sp³-hybridized carbons (Fsp3) is 0.692. The topological polar surface area (TPSA) is 69.2 Å². The van der Waals surface area contributed by atoms with E-state index in [9.17, 15) is 4.79 Å². The van der Waals surface area contributed by atoms with Gasteiger partial charge in [0.25, 0.3) is 0 Å². The highest BCUT2D eigenvalue weighted by atomic mass is 16.5. The Kier molecular flexibility index (Phi) is 15.9. The van der Waals surface area contributed by atoms with Gasteiger partial charge in [-0.05, 0) is 12.5 Å². The molecule has 0 unspecified atom stereocenters. The molecule has 1 N–H and O–H groups in total. The van der Waals surface area contributed by atoms with Crippen LogP contribution in [0.5, 0.6) is 17.2 Å². The average molecular weight is 449 g/mol. The number of rotatable bonds is 19. The van der Waals surface area contributed by atoms with Gasteiger partial charge in [0, 0.05) is 18.1 Å². The largest absolute Gasteiger partial charge is 0.496 e. The summed E-state index contributed by atoms with van der Waals surface area (Å²) >= 11 is 0. The third-order valence-electron chi connectivity index (χ3n) is 5.64. The molecule has 0 saturated heterocycles. The number of carbonyl (C=O) groups is 1. The summed E-state index contributed by atoms with van der Waals surface area (Å²) in [6.07, 6.45) is 18.9. The monoisotopic (exact) mass is 448 g/mol. The Balaban J connectivity index is 2.14. The molecule has 6 heteroatoms. The van der Waals surface area contributed by atoms with Crippen molar-refractivity contribution in [2.75, 3.05) is 21.3 Å². The Hall–Kier alpha value is -2.24. The van der Waals surface area contributed by atoms with Crippen LogP contribution >= 0.6 is 0 Å². The molecule has 1 rings (SSSR count). The lowest BCUT2D eigenvalue weighted by Gasteiger charge is -2.11. The molecule has 1 amide bonds. The molecule has 182 valence electrons. The molecule has 0 radical (unpaired) electrons. The van der Waals surface area contributed by atoms with Gasteiger partial charge in [-0.2, -0.15) is 5.10 Å². The summed E-state index contributed by atoms with van der Waals surface area (Å²) in [7, 11) is 4.72. The molecule has 6 nitrogen and oxygen atoms in total. The number of nitrogens with one attached hydrogen (secondary N) is 1. The van der Waals surface area contributed by atoms with E-state index in [4.69, 9.17) is 14.2 Å². The zero-order valence-corrected chi connectivity index (χ0v) is 20.7. The first-order chi connectivity index (χ1) is 15.7. The lowest BCUT2D eigenvalue weighted by Crippen LogP contribution is -2.17. The molecule has 0 atom stereocenters. The number of ether oxygens (including phenoxy) is 3. The molecule has 0 aliphatic rings. The SMILES string of the molecule is CCCCCCCCCCCCCCCC(=O)NN=Cc1cc(OC)c(OC)cc1OC. The summed E-state index contributed by atoms with van der Waals surface area (Å²) in [5.74, 6) is 1.68. The van der Waals surface area contributed by atoms with Crippen LogP contribution in [0, 0.1) is 0 Å². The van der Waals surface area contributed by atoms with E-state index in [1.165, 1.54) is 70.6 Å². The quantitative estimate of drug-likeness (QED) is 0.146. The van der Waals surface area contributed by atoms with Crippen molar-refractivity contribution in [1.29, 1.82) is 0 Å². The lowest BCUT2D eigenvalue weighted by atomic mass is 10.0. The van der Waals surface area contributed by atoms with Crippen molar-refractivity contribution in [1.82, 2.24) is 5.43 Å². The number of nitrogens with zero attached hydrogens (tertiary/aromatic N) is 1. The van der Waals surface area contributed by atoms with Crippen molar-refractivity contribution < 1.29 is 19.0 Å². The second-order valence-electron chi connectivity index (χ2n) is 8.23. The fourth-order valence-electron chi connectivity index (χ4n) is 3.69. The van der Waals surface area contributed by atoms with Crippen molar-refractivity contribution in [2.45, 2.75) is 96.8 Å². The van der Waals surface area contributed by atoms with E-state index < -0.39 is 0 Å². The fourth-order valence-corrected chi connectivity index (χ4v) is 3.69. The zero-order chi connectivity index (χ0) is 23.4. The second kappa shape index (κ2) is 18.3. The molecule has 0 fully saturated rings. The molecule has 0 aromatic heterocycles. The predicted octanol–water partition coefficient (Wildman–Crippen LogP) is 6.64. The minimum Gasteiger partial charge on any atom is -0.496 e. The van der Waals surface area contributed by atoms with Gasteiger partial charge in [0.05, 0.1) is 27.5 Å². The smallest absolute Gasteiger partial charge is 0.240 e. The van der Waals surface area contributed by atoms with Crippen LogP contribution in [0.4, 0.5) is 0 Å². The van der Waals surface area contributed by atoms with Gasteiger partial charge in [-0.15, -0.1) is 0 Å². The van der Waals surface area contributed by atoms with Crippen molar-refractivity contribution >= 4 is 12.1 Å². The number of methoxy groups -OCH3 is 3. The summed E-state index contributed by atoms with van der Waals surface area (Å²) in [4.78, 5) is 12.0. The minimum absolute atomic E-state index is 0.0660. The van der Waals surface area contributed by atoms with Crippen LogP contribution in [0.2, 0.25) is 0 Å². The van der Waals surface area contributed by atoms with Crippen LogP contribution in [0.15, 0.2) is 17.2 Å². The van der Waals surface area contributed by atoms with Gasteiger partial charge in [-0.1, -0.05) is 84.0 Å². The number of hydrazone groups is 1. The number of carbonyl (C=O) groups excluding carboxylic acids is 1. The van der Waals surface area contributed by atoms with E-state index in [-0.39, 0.29) is 5.91 Å². The number of unbranched alkanes of at least 4 members (excludes halogenated alkanes) is 12. The van der Waals surface area contributed by atoms with Gasteiger partial charge < -0.3 is 14.2 Å². The van der Waals surface area contributed by atoms with Gasteiger partial charge in [-0.25, -0.2) is 5.43 Å². The summed E-state index contributed by atoms with van der Waals surface area (Å²) in [5, 5.41) is 4.06. The average Bonchev–Trinajstić information content (AvgIpc) is 2.81. The molecular formula is C26H44N2O4. The molecule has 0 aliphatic carbocycles. The van der Waals surface area contributed by atoms with Crippen LogP contribution in [-0.2, 0) is 4.79 Å². The maximum Gasteiger partial charge on any atom is 0.240 e. The van der Waals surface area contributed by atoms with Crippen molar-refractivity contribution in [3.8, 4) is 17.2 Å². The first kappa shape index (κ1) is 27.8. The third-order valence-corrected chi connectivity index (χ3v) is 5.64. The highest BCUT2D eigenvalue weighted by molar-refractivity contribution is 5.86. The van der Waals surface area contributed by atoms with Gasteiger partial charge in [0.15, 0.2) is 11.5 Å². The molecule has 0 heterocycles. The minimum atomic E-state index is -0.0660. The Morgan fingerprint density at radius 2 is 1.22 bits per heavy atom. The maximum absolute atomic E-state index is 12.0. The molecule has 1 aromatic rings. The second-order valence-corrected chi connectivity index (χ2v) is 8.23. The standard InChI is InChI=1S/C26H44N2O4/c1-5-6-7-8-9-10-11-12-13-14-15-16-17-18-26(29)28-27-21-22-19-24(31-3)25(32-4)20-23(22)30-2/h19-21H,5-18H2,1-4H3,(H,28,29). The van der Waals surface area contributed by atoms with Gasteiger partial charge in [0.1, 0.15) is 5.75 Å². The van der Waals surface area contributed by atoms with Crippen LogP contribution in [0.1, 0.15) is 102 Å². The van der Waals surface area contributed by atoms with Crippen molar-refractivity contribution in [3.63, 3.8) is 0 Å². The number of hydrogen-bond acceptors (Lipinski definition) is 5. The van der Waals surface area contributed by atoms with Crippen LogP contribution in [0.25, 0.3) is 0 Å². The van der Waals surface area contributed by atoms with Gasteiger partial charge in [0.2, 0.25) is 5.91 Å². The van der Waals surface area contributed by atoms with E-state index in [0.717, 1.165) is 12.8 Å². The van der Waals surface area contributed by atoms with E-state index >= 15 is 0 Å². The predicted molar refractivity (Wildman–Crippen MR) is 132 cm³/mol. The first-order valence-corrected chi connectivity index (χ1v) is 12.3. The lowest BCUT2D eigenvalue weighted by molar-refractivity contribution is -0.121.